The monoisotopic (exact) mass is 614 g/mol. The third-order valence-corrected chi connectivity index (χ3v) is 10.9. The number of anilines is 4. The molecule has 0 saturated heterocycles. The third kappa shape index (κ3) is 3.69. The lowest BCUT2D eigenvalue weighted by Crippen LogP contribution is -2.29. The van der Waals surface area contributed by atoms with Gasteiger partial charge in [0.2, 0.25) is 0 Å². The van der Waals surface area contributed by atoms with Crippen LogP contribution in [0.2, 0.25) is 0 Å². The second-order valence-electron chi connectivity index (χ2n) is 13.4. The maximum Gasteiger partial charge on any atom is 0.0728 e. The summed E-state index contributed by atoms with van der Waals surface area (Å²) in [7, 11) is 2.24. The Kier molecular flexibility index (Phi) is 5.86. The number of fused-ring (bicyclic) bond motifs is 12. The van der Waals surface area contributed by atoms with E-state index in [9.17, 15) is 0 Å². The number of para-hydroxylation sites is 2. The summed E-state index contributed by atoms with van der Waals surface area (Å²) >= 11 is 0. The fourth-order valence-corrected chi connectivity index (χ4v) is 8.96. The second kappa shape index (κ2) is 10.3. The Morgan fingerprint density at radius 3 is 1.65 bits per heavy atom. The first-order chi connectivity index (χ1) is 23.7. The fourth-order valence-electron chi connectivity index (χ4n) is 8.96. The van der Waals surface area contributed by atoms with Crippen molar-refractivity contribution in [2.24, 2.45) is 0 Å². The molecule has 7 aromatic carbocycles. The van der Waals surface area contributed by atoms with Gasteiger partial charge in [0.05, 0.1) is 5.41 Å². The molecule has 2 aliphatic carbocycles. The van der Waals surface area contributed by atoms with Gasteiger partial charge in [-0.15, -0.1) is 0 Å². The molecule has 0 radical (unpaired) electrons. The lowest BCUT2D eigenvalue weighted by molar-refractivity contribution is 0.769. The largest absolute Gasteiger partial charge is 0.370 e. The number of benzene rings is 7. The molecule has 0 atom stereocenters. The molecule has 1 aliphatic heterocycles. The maximum absolute atomic E-state index is 2.43. The highest BCUT2D eigenvalue weighted by Gasteiger charge is 2.52. The summed E-state index contributed by atoms with van der Waals surface area (Å²) in [4.78, 5) is 4.86. The minimum atomic E-state index is -0.348. The van der Waals surface area contributed by atoms with Gasteiger partial charge in [-0.25, -0.2) is 0 Å². The van der Waals surface area contributed by atoms with E-state index in [-0.39, 0.29) is 5.41 Å². The highest BCUT2D eigenvalue weighted by atomic mass is 15.2. The molecule has 2 nitrogen and oxygen atoms in total. The third-order valence-electron chi connectivity index (χ3n) is 10.9. The topological polar surface area (TPSA) is 6.48 Å². The van der Waals surface area contributed by atoms with Gasteiger partial charge in [0.1, 0.15) is 0 Å². The molecule has 2 heteroatoms. The normalized spacial score (nSPS) is 14.1. The van der Waals surface area contributed by atoms with E-state index in [0.29, 0.717) is 0 Å². The van der Waals surface area contributed by atoms with Crippen molar-refractivity contribution < 1.29 is 0 Å². The van der Waals surface area contributed by atoms with E-state index in [0.717, 1.165) is 13.0 Å². The smallest absolute Gasteiger partial charge is 0.0728 e. The summed E-state index contributed by atoms with van der Waals surface area (Å²) in [6.45, 7) is 0.792. The average Bonchev–Trinajstić information content (AvgIpc) is 3.62. The standard InChI is InChI=1S/C46H34N2/c1-47(34-17-13-18-35(29-34)48-43-26-10-2-14-31(43)28-32-15-3-11-27-44(32)48)30-33-16-12-22-39-38-21-6-9-25-42(38)46(45(33)39)40-23-7-4-19-36(40)37-20-5-8-24-41(37)46/h2-27,29H,28,30H2,1H3. The second-order valence-corrected chi connectivity index (χ2v) is 13.4. The molecule has 0 bridgehead atoms. The van der Waals surface area contributed by atoms with Crippen LogP contribution >= 0.6 is 0 Å². The molecule has 0 aromatic heterocycles. The highest BCUT2D eigenvalue weighted by Crippen LogP contribution is 2.63. The minimum Gasteiger partial charge on any atom is -0.370 e. The van der Waals surface area contributed by atoms with Crippen LogP contribution < -0.4 is 9.80 Å². The van der Waals surface area contributed by atoms with Gasteiger partial charge in [-0.3, -0.25) is 0 Å². The Bertz CT molecular complexity index is 2290. The molecular formula is C46H34N2. The first kappa shape index (κ1) is 27.3. The van der Waals surface area contributed by atoms with E-state index in [1.54, 1.807) is 0 Å². The zero-order valence-electron chi connectivity index (χ0n) is 26.9. The summed E-state index contributed by atoms with van der Waals surface area (Å²) in [6, 6.07) is 60.8. The van der Waals surface area contributed by atoms with Gasteiger partial charge >= 0.3 is 0 Å². The van der Waals surface area contributed by atoms with Crippen molar-refractivity contribution in [2.45, 2.75) is 18.4 Å². The molecule has 0 amide bonds. The zero-order valence-corrected chi connectivity index (χ0v) is 26.9. The molecule has 48 heavy (non-hydrogen) atoms. The van der Waals surface area contributed by atoms with Crippen molar-refractivity contribution >= 4 is 22.7 Å². The van der Waals surface area contributed by atoms with Crippen LogP contribution in [0.1, 0.15) is 38.9 Å². The van der Waals surface area contributed by atoms with Crippen LogP contribution in [0.4, 0.5) is 22.7 Å². The first-order valence-corrected chi connectivity index (χ1v) is 16.9. The molecule has 0 N–H and O–H groups in total. The van der Waals surface area contributed by atoms with E-state index >= 15 is 0 Å². The highest BCUT2D eigenvalue weighted by molar-refractivity contribution is 5.95. The van der Waals surface area contributed by atoms with Crippen LogP contribution in [0, 0.1) is 0 Å². The number of nitrogens with zero attached hydrogens (tertiary/aromatic N) is 2. The Balaban J connectivity index is 1.11. The molecule has 10 rings (SSSR count). The van der Waals surface area contributed by atoms with Crippen LogP contribution in [0.5, 0.6) is 0 Å². The molecule has 1 spiro atoms. The van der Waals surface area contributed by atoms with E-state index in [1.165, 1.54) is 83.9 Å². The Morgan fingerprint density at radius 2 is 1.02 bits per heavy atom. The lowest BCUT2D eigenvalue weighted by Gasteiger charge is -2.34. The molecule has 0 unspecified atom stereocenters. The maximum atomic E-state index is 2.43. The Labute approximate surface area is 282 Å². The summed E-state index contributed by atoms with van der Waals surface area (Å²) < 4.78 is 0. The van der Waals surface area contributed by atoms with Crippen LogP contribution in [0.3, 0.4) is 0 Å². The number of rotatable bonds is 4. The summed E-state index contributed by atoms with van der Waals surface area (Å²) in [5, 5.41) is 0. The molecule has 228 valence electrons. The predicted molar refractivity (Wildman–Crippen MR) is 199 cm³/mol. The average molecular weight is 615 g/mol. The van der Waals surface area contributed by atoms with E-state index in [2.05, 4.69) is 181 Å². The van der Waals surface area contributed by atoms with E-state index < -0.39 is 0 Å². The van der Waals surface area contributed by atoms with Crippen molar-refractivity contribution in [3.05, 3.63) is 203 Å². The molecule has 3 aliphatic rings. The van der Waals surface area contributed by atoms with Gasteiger partial charge in [0, 0.05) is 42.8 Å². The molecule has 7 aromatic rings. The van der Waals surface area contributed by atoms with Gasteiger partial charge in [-0.2, -0.15) is 0 Å². The number of hydrogen-bond donors (Lipinski definition) is 0. The molecule has 1 heterocycles. The quantitative estimate of drug-likeness (QED) is 0.195. The minimum absolute atomic E-state index is 0.348. The van der Waals surface area contributed by atoms with Crippen molar-refractivity contribution in [1.29, 1.82) is 0 Å². The van der Waals surface area contributed by atoms with Gasteiger partial charge in [0.15, 0.2) is 0 Å². The predicted octanol–water partition coefficient (Wildman–Crippen LogP) is 11.0. The first-order valence-electron chi connectivity index (χ1n) is 16.9. The fraction of sp³-hybridized carbons (Fsp3) is 0.0870. The van der Waals surface area contributed by atoms with E-state index in [1.807, 2.05) is 0 Å². The van der Waals surface area contributed by atoms with Crippen LogP contribution in [0.15, 0.2) is 164 Å². The van der Waals surface area contributed by atoms with Gasteiger partial charge in [-0.1, -0.05) is 133 Å². The van der Waals surface area contributed by atoms with E-state index in [4.69, 9.17) is 0 Å². The van der Waals surface area contributed by atoms with Crippen LogP contribution in [-0.4, -0.2) is 7.05 Å². The SMILES string of the molecule is CN(Cc1cccc2c1C1(c3ccccc3-c3ccccc31)c1ccccc1-2)c1cccc(N2c3ccccc3Cc3ccccc32)c1. The molecule has 0 saturated carbocycles. The van der Waals surface area contributed by atoms with Crippen molar-refractivity contribution in [3.63, 3.8) is 0 Å². The van der Waals surface area contributed by atoms with Crippen LogP contribution in [0.25, 0.3) is 22.3 Å². The van der Waals surface area contributed by atoms with Crippen LogP contribution in [-0.2, 0) is 18.4 Å². The van der Waals surface area contributed by atoms with Gasteiger partial charge < -0.3 is 9.80 Å². The lowest BCUT2D eigenvalue weighted by atomic mass is 9.69. The molecule has 0 fully saturated rings. The Morgan fingerprint density at radius 1 is 0.521 bits per heavy atom. The summed E-state index contributed by atoms with van der Waals surface area (Å²) in [5.41, 5.74) is 19.6. The molecular weight excluding hydrogens is 581 g/mol. The van der Waals surface area contributed by atoms with Crippen molar-refractivity contribution in [3.8, 4) is 22.3 Å². The van der Waals surface area contributed by atoms with Gasteiger partial charge in [0.25, 0.3) is 0 Å². The number of hydrogen-bond acceptors (Lipinski definition) is 2. The van der Waals surface area contributed by atoms with Crippen molar-refractivity contribution in [2.75, 3.05) is 16.8 Å². The van der Waals surface area contributed by atoms with Gasteiger partial charge in [-0.05, 0) is 91.5 Å². The Hall–Kier alpha value is -5.86. The summed E-state index contributed by atoms with van der Waals surface area (Å²) in [5.74, 6) is 0. The van der Waals surface area contributed by atoms with Crippen molar-refractivity contribution in [1.82, 2.24) is 0 Å². The zero-order chi connectivity index (χ0) is 31.8. The summed E-state index contributed by atoms with van der Waals surface area (Å²) in [6.07, 6.45) is 0.956.